The summed E-state index contributed by atoms with van der Waals surface area (Å²) < 4.78 is 31.0. The predicted molar refractivity (Wildman–Crippen MR) is 113 cm³/mol. The molecular weight excluding hydrogens is 401 g/mol. The molecule has 1 fully saturated rings. The van der Waals surface area contributed by atoms with Crippen LogP contribution in [0.3, 0.4) is 0 Å². The number of aliphatic hydroxyl groups excluding tert-OH is 1. The Kier molecular flexibility index (Phi) is 6.72. The van der Waals surface area contributed by atoms with Crippen molar-refractivity contribution >= 4 is 11.0 Å². The summed E-state index contributed by atoms with van der Waals surface area (Å²) in [5.41, 5.74) is 3.53. The number of aryl methyl sites for hydroxylation is 1. The van der Waals surface area contributed by atoms with E-state index in [0.717, 1.165) is 6.20 Å². The summed E-state index contributed by atoms with van der Waals surface area (Å²) in [6, 6.07) is 11.7. The molecule has 1 aliphatic heterocycles. The minimum atomic E-state index is -1.05. The quantitative estimate of drug-likeness (QED) is 0.599. The number of pyridine rings is 2. The van der Waals surface area contributed by atoms with Crippen molar-refractivity contribution in [1.29, 1.82) is 0 Å². The second-order valence-electron chi connectivity index (χ2n) is 7.68. The van der Waals surface area contributed by atoms with Crippen LogP contribution in [0.1, 0.15) is 16.7 Å². The zero-order valence-corrected chi connectivity index (χ0v) is 17.5. The molecule has 1 aliphatic rings. The minimum Gasteiger partial charge on any atom is -0.481 e. The lowest BCUT2D eigenvalue weighted by molar-refractivity contribution is -0.230. The van der Waals surface area contributed by atoms with Crippen LogP contribution in [0.15, 0.2) is 42.6 Å². The van der Waals surface area contributed by atoms with E-state index < -0.39 is 18.2 Å². The van der Waals surface area contributed by atoms with Crippen LogP contribution in [-0.4, -0.2) is 53.8 Å². The second-order valence-corrected chi connectivity index (χ2v) is 7.68. The van der Waals surface area contributed by atoms with Crippen LogP contribution in [0.4, 0.5) is 4.39 Å². The van der Waals surface area contributed by atoms with E-state index in [1.165, 1.54) is 18.2 Å². The number of rotatable bonds is 7. The Morgan fingerprint density at radius 3 is 2.65 bits per heavy atom. The van der Waals surface area contributed by atoms with E-state index in [0.29, 0.717) is 36.7 Å². The van der Waals surface area contributed by atoms with Gasteiger partial charge in [0.05, 0.1) is 43.6 Å². The number of halogens is 1. The van der Waals surface area contributed by atoms with Gasteiger partial charge < -0.3 is 24.6 Å². The van der Waals surface area contributed by atoms with Gasteiger partial charge in [-0.2, -0.15) is 0 Å². The van der Waals surface area contributed by atoms with Crippen molar-refractivity contribution in [2.45, 2.75) is 38.3 Å². The predicted octanol–water partition coefficient (Wildman–Crippen LogP) is 2.52. The van der Waals surface area contributed by atoms with Gasteiger partial charge in [0.15, 0.2) is 6.29 Å². The monoisotopic (exact) mass is 427 g/mol. The van der Waals surface area contributed by atoms with Gasteiger partial charge in [-0.25, -0.2) is 9.37 Å². The molecule has 4 rings (SSSR count). The van der Waals surface area contributed by atoms with Crippen molar-refractivity contribution in [2.75, 3.05) is 20.3 Å². The summed E-state index contributed by atoms with van der Waals surface area (Å²) in [5.74, 6) is -0.191. The van der Waals surface area contributed by atoms with Gasteiger partial charge in [-0.1, -0.05) is 29.8 Å². The highest BCUT2D eigenvalue weighted by atomic mass is 19.1. The topological polar surface area (TPSA) is 85.7 Å². The van der Waals surface area contributed by atoms with Crippen molar-refractivity contribution in [3.8, 4) is 5.88 Å². The first kappa shape index (κ1) is 21.6. The standard InChI is InChI=1S/C23H26FN3O4/c1-14-3-5-15(6-4-14)10-25-16-12-30-23(31-13-16)20(28)9-17-18(24)11-26-19-7-8-21(29-2)27-22(17)19/h3-8,11,16,20,23,25,28H,9-10,12-13H2,1-2H3/t16?,20-,23?/m0/s1. The van der Waals surface area contributed by atoms with Crippen molar-refractivity contribution in [3.05, 3.63) is 65.1 Å². The molecular formula is C23H26FN3O4. The van der Waals surface area contributed by atoms with Crippen LogP contribution in [-0.2, 0) is 22.4 Å². The number of ether oxygens (including phenoxy) is 3. The number of benzene rings is 1. The highest BCUT2D eigenvalue weighted by Crippen LogP contribution is 2.24. The van der Waals surface area contributed by atoms with E-state index in [2.05, 4.69) is 46.5 Å². The molecule has 1 atom stereocenters. The highest BCUT2D eigenvalue weighted by molar-refractivity contribution is 5.78. The fraction of sp³-hybridized carbons (Fsp3) is 0.391. The minimum absolute atomic E-state index is 0.00849. The molecule has 31 heavy (non-hydrogen) atoms. The van der Waals surface area contributed by atoms with Crippen molar-refractivity contribution in [1.82, 2.24) is 15.3 Å². The van der Waals surface area contributed by atoms with Gasteiger partial charge in [-0.05, 0) is 18.6 Å². The third kappa shape index (κ3) is 5.16. The largest absolute Gasteiger partial charge is 0.481 e. The van der Waals surface area contributed by atoms with E-state index in [1.54, 1.807) is 12.1 Å². The summed E-state index contributed by atoms with van der Waals surface area (Å²) in [6.07, 6.45) is -0.777. The molecule has 164 valence electrons. The number of aromatic nitrogens is 2. The lowest BCUT2D eigenvalue weighted by Gasteiger charge is -2.32. The molecule has 0 amide bonds. The Balaban J connectivity index is 1.35. The number of hydrogen-bond donors (Lipinski definition) is 2. The lowest BCUT2D eigenvalue weighted by atomic mass is 10.1. The second kappa shape index (κ2) is 9.65. The van der Waals surface area contributed by atoms with Gasteiger partial charge in [-0.15, -0.1) is 0 Å². The molecule has 0 radical (unpaired) electrons. The maximum atomic E-state index is 14.5. The van der Waals surface area contributed by atoms with Gasteiger partial charge in [0.1, 0.15) is 11.9 Å². The molecule has 2 aromatic heterocycles. The maximum Gasteiger partial charge on any atom is 0.213 e. The SMILES string of the molecule is COc1ccc2ncc(F)c(C[C@H](O)C3OCC(NCc4ccc(C)cc4)CO3)c2n1. The van der Waals surface area contributed by atoms with E-state index in [4.69, 9.17) is 14.2 Å². The number of aliphatic hydroxyl groups is 1. The number of hydrogen-bond acceptors (Lipinski definition) is 7. The van der Waals surface area contributed by atoms with Crippen molar-refractivity contribution in [3.63, 3.8) is 0 Å². The van der Waals surface area contributed by atoms with Gasteiger partial charge >= 0.3 is 0 Å². The van der Waals surface area contributed by atoms with Crippen LogP contribution >= 0.6 is 0 Å². The molecule has 1 aromatic carbocycles. The Morgan fingerprint density at radius 1 is 1.19 bits per heavy atom. The third-order valence-electron chi connectivity index (χ3n) is 5.31. The van der Waals surface area contributed by atoms with Gasteiger partial charge in [0.25, 0.3) is 0 Å². The molecule has 2 N–H and O–H groups in total. The van der Waals surface area contributed by atoms with Crippen LogP contribution in [0.25, 0.3) is 11.0 Å². The zero-order chi connectivity index (χ0) is 21.8. The van der Waals surface area contributed by atoms with E-state index >= 15 is 0 Å². The number of nitrogens with one attached hydrogen (secondary N) is 1. The Hall–Kier alpha value is -2.65. The van der Waals surface area contributed by atoms with Crippen LogP contribution in [0, 0.1) is 12.7 Å². The Bertz CT molecular complexity index is 1020. The normalized spacial score (nSPS) is 20.0. The van der Waals surface area contributed by atoms with Gasteiger partial charge in [0, 0.05) is 24.6 Å². The fourth-order valence-corrected chi connectivity index (χ4v) is 3.52. The molecule has 0 bridgehead atoms. The van der Waals surface area contributed by atoms with Crippen molar-refractivity contribution in [2.24, 2.45) is 0 Å². The fourth-order valence-electron chi connectivity index (χ4n) is 3.52. The number of fused-ring (bicyclic) bond motifs is 1. The molecule has 0 saturated carbocycles. The Morgan fingerprint density at radius 2 is 1.94 bits per heavy atom. The molecule has 8 heteroatoms. The number of nitrogens with zero attached hydrogens (tertiary/aromatic N) is 2. The zero-order valence-electron chi connectivity index (χ0n) is 17.5. The summed E-state index contributed by atoms with van der Waals surface area (Å²) in [6.45, 7) is 3.53. The van der Waals surface area contributed by atoms with Crippen LogP contribution in [0.5, 0.6) is 5.88 Å². The molecule has 3 heterocycles. The summed E-state index contributed by atoms with van der Waals surface area (Å²) in [7, 11) is 1.49. The summed E-state index contributed by atoms with van der Waals surface area (Å²) in [5, 5.41) is 14.0. The first-order valence-corrected chi connectivity index (χ1v) is 10.2. The van der Waals surface area contributed by atoms with Gasteiger partial charge in [0.2, 0.25) is 5.88 Å². The molecule has 1 saturated heterocycles. The molecule has 0 spiro atoms. The Labute approximate surface area is 180 Å². The van der Waals surface area contributed by atoms with E-state index in [1.807, 2.05) is 0 Å². The van der Waals surface area contributed by atoms with E-state index in [9.17, 15) is 9.50 Å². The molecule has 0 aliphatic carbocycles. The maximum absolute atomic E-state index is 14.5. The summed E-state index contributed by atoms with van der Waals surface area (Å²) >= 11 is 0. The third-order valence-corrected chi connectivity index (χ3v) is 5.31. The average molecular weight is 427 g/mol. The highest BCUT2D eigenvalue weighted by Gasteiger charge is 2.29. The number of methoxy groups -OCH3 is 1. The molecule has 0 unspecified atom stereocenters. The average Bonchev–Trinajstić information content (AvgIpc) is 2.80. The van der Waals surface area contributed by atoms with Crippen LogP contribution in [0.2, 0.25) is 0 Å². The summed E-state index contributed by atoms with van der Waals surface area (Å²) in [4.78, 5) is 8.35. The van der Waals surface area contributed by atoms with Crippen molar-refractivity contribution < 1.29 is 23.7 Å². The molecule has 7 nitrogen and oxygen atoms in total. The first-order valence-electron chi connectivity index (χ1n) is 10.2. The van der Waals surface area contributed by atoms with Gasteiger partial charge in [-0.3, -0.25) is 4.98 Å². The lowest BCUT2D eigenvalue weighted by Crippen LogP contribution is -2.48. The first-order chi connectivity index (χ1) is 15.0. The smallest absolute Gasteiger partial charge is 0.213 e. The van der Waals surface area contributed by atoms with Crippen LogP contribution < -0.4 is 10.1 Å². The molecule has 3 aromatic rings. The van der Waals surface area contributed by atoms with E-state index in [-0.39, 0.29) is 18.0 Å².